The lowest BCUT2D eigenvalue weighted by Crippen LogP contribution is -2.64. The molecule has 2 aromatic carbocycles. The Kier molecular flexibility index (Phi) is 11.5. The number of fused-ring (bicyclic) bond motifs is 1. The third-order valence-electron chi connectivity index (χ3n) is 9.30. The molecule has 3 aromatic rings. The van der Waals surface area contributed by atoms with Gasteiger partial charge in [-0.2, -0.15) is 0 Å². The van der Waals surface area contributed by atoms with Gasteiger partial charge in [0.15, 0.2) is 18.3 Å². The van der Waals surface area contributed by atoms with Crippen molar-refractivity contribution in [2.45, 2.75) is 99.0 Å². The van der Waals surface area contributed by atoms with E-state index in [-0.39, 0.29) is 22.7 Å². The number of aliphatic hydroxyl groups is 9. The summed E-state index contributed by atoms with van der Waals surface area (Å²) in [4.78, 5) is 13.7. The van der Waals surface area contributed by atoms with Gasteiger partial charge >= 0.3 is 0 Å². The van der Waals surface area contributed by atoms with Gasteiger partial charge in [-0.05, 0) is 31.2 Å². The Morgan fingerprint density at radius 2 is 1.30 bits per heavy atom. The maximum Gasteiger partial charge on any atom is 0.239 e. The van der Waals surface area contributed by atoms with Gasteiger partial charge < -0.3 is 94.1 Å². The Morgan fingerprint density at radius 3 is 1.96 bits per heavy atom. The summed E-state index contributed by atoms with van der Waals surface area (Å²) in [6.07, 6.45) is -25.6. The highest BCUT2D eigenvalue weighted by molar-refractivity contribution is 5.88. The van der Waals surface area contributed by atoms with Gasteiger partial charge in [-0.1, -0.05) is 0 Å². The van der Waals surface area contributed by atoms with Crippen LogP contribution in [0.2, 0.25) is 0 Å². The zero-order valence-corrected chi connectivity index (χ0v) is 27.7. The summed E-state index contributed by atoms with van der Waals surface area (Å²) >= 11 is 0. The van der Waals surface area contributed by atoms with E-state index in [2.05, 4.69) is 0 Å². The summed E-state index contributed by atoms with van der Waals surface area (Å²) in [5.41, 5.74) is -1.09. The first kappa shape index (κ1) is 39.0. The Balaban J connectivity index is 1.22. The maximum absolute atomic E-state index is 13.7. The number of benzene rings is 2. The molecule has 0 unspecified atom stereocenters. The average molecular weight is 757 g/mol. The smallest absolute Gasteiger partial charge is 0.239 e. The van der Waals surface area contributed by atoms with Crippen molar-refractivity contribution in [3.05, 3.63) is 46.6 Å². The number of phenols is 3. The molecule has 3 saturated heterocycles. The fraction of sp³-hybridized carbons (Fsp3) is 0.545. The highest BCUT2D eigenvalue weighted by atomic mass is 16.7. The molecule has 0 spiro atoms. The molecule has 292 valence electrons. The summed E-state index contributed by atoms with van der Waals surface area (Å²) in [6, 6.07) is 7.18. The van der Waals surface area contributed by atoms with E-state index < -0.39 is 133 Å². The van der Waals surface area contributed by atoms with Crippen LogP contribution in [0.5, 0.6) is 23.0 Å². The molecule has 0 saturated carbocycles. The van der Waals surface area contributed by atoms with E-state index in [9.17, 15) is 66.1 Å². The third kappa shape index (κ3) is 7.52. The number of hydrogen-bond donors (Lipinski definition) is 12. The second-order valence-corrected chi connectivity index (χ2v) is 12.9. The molecule has 15 atom stereocenters. The molecule has 0 radical (unpaired) electrons. The van der Waals surface area contributed by atoms with Crippen LogP contribution in [-0.4, -0.2) is 167 Å². The zero-order chi connectivity index (χ0) is 38.5. The second kappa shape index (κ2) is 15.6. The first-order valence-electron chi connectivity index (χ1n) is 16.4. The van der Waals surface area contributed by atoms with Crippen LogP contribution in [0.25, 0.3) is 22.3 Å². The molecule has 0 bridgehead atoms. The molecule has 3 aliphatic rings. The van der Waals surface area contributed by atoms with E-state index >= 15 is 0 Å². The van der Waals surface area contributed by atoms with E-state index in [0.717, 1.165) is 12.1 Å². The number of hydrogen-bond acceptors (Lipinski definition) is 20. The fourth-order valence-corrected chi connectivity index (χ4v) is 6.27. The van der Waals surface area contributed by atoms with Crippen LogP contribution in [0.15, 0.2) is 45.6 Å². The summed E-state index contributed by atoms with van der Waals surface area (Å²) in [5, 5.41) is 124. The number of aromatic hydroxyl groups is 3. The highest BCUT2D eigenvalue weighted by Gasteiger charge is 2.51. The predicted octanol–water partition coefficient (Wildman–Crippen LogP) is -3.57. The molecule has 20 heteroatoms. The zero-order valence-electron chi connectivity index (χ0n) is 27.7. The Labute approximate surface area is 298 Å². The van der Waals surface area contributed by atoms with Gasteiger partial charge in [0.05, 0.1) is 19.3 Å². The number of aliphatic hydroxyl groups excluding tert-OH is 9. The normalized spacial score (nSPS) is 37.8. The van der Waals surface area contributed by atoms with Crippen molar-refractivity contribution in [3.63, 3.8) is 0 Å². The van der Waals surface area contributed by atoms with E-state index in [4.69, 9.17) is 32.8 Å². The minimum atomic E-state index is -2.00. The molecule has 6 rings (SSSR count). The fourth-order valence-electron chi connectivity index (χ4n) is 6.27. The Bertz CT molecular complexity index is 1780. The molecular weight excluding hydrogens is 716 g/mol. The second-order valence-electron chi connectivity index (χ2n) is 12.9. The monoisotopic (exact) mass is 756 g/mol. The molecular formula is C33H40O20. The molecule has 20 nitrogen and oxygen atoms in total. The van der Waals surface area contributed by atoms with Crippen LogP contribution in [0.1, 0.15) is 6.92 Å². The molecule has 12 N–H and O–H groups in total. The standard InChI is InChI=1S/C33H40O20/c1-10-19(38)29(52-32-25(44)23(42)20(39)16(8-34)50-32)27(46)31(48-10)47-9-17-21(40)24(43)26(45)33(51-17)53-30-22(41)18-14(37)6-13(36)7-15(18)49-28(30)11-2-4-12(35)5-3-11/h2-7,10,16-17,19-21,23-27,29,31-40,42-46H,8-9H2,1H3/t10-,16-,17-,19+,20-,21-,23+,24+,25-,26-,27-,29+,31-,32+,33+/m1/s1. The van der Waals surface area contributed by atoms with Crippen LogP contribution in [0.4, 0.5) is 0 Å². The topological polar surface area (TPSA) is 328 Å². The minimum Gasteiger partial charge on any atom is -0.508 e. The van der Waals surface area contributed by atoms with Crippen LogP contribution in [-0.2, 0) is 23.7 Å². The third-order valence-corrected chi connectivity index (χ3v) is 9.30. The molecule has 3 aliphatic heterocycles. The van der Waals surface area contributed by atoms with Gasteiger partial charge in [0.25, 0.3) is 0 Å². The lowest BCUT2D eigenvalue weighted by Gasteiger charge is -2.46. The molecule has 4 heterocycles. The van der Waals surface area contributed by atoms with Crippen LogP contribution < -0.4 is 10.2 Å². The highest BCUT2D eigenvalue weighted by Crippen LogP contribution is 2.38. The average Bonchev–Trinajstić information content (AvgIpc) is 3.12. The largest absolute Gasteiger partial charge is 0.508 e. The number of rotatable bonds is 9. The summed E-state index contributed by atoms with van der Waals surface area (Å²) in [7, 11) is 0. The molecule has 1 aromatic heterocycles. The summed E-state index contributed by atoms with van der Waals surface area (Å²) in [6.45, 7) is -0.0799. The number of phenolic OH excluding ortho intramolecular Hbond substituents is 3. The van der Waals surface area contributed by atoms with Gasteiger partial charge in [0, 0.05) is 17.7 Å². The van der Waals surface area contributed by atoms with Crippen molar-refractivity contribution < 1.29 is 94.1 Å². The lowest BCUT2D eigenvalue weighted by molar-refractivity contribution is -0.361. The van der Waals surface area contributed by atoms with Crippen LogP contribution in [0, 0.1) is 0 Å². The van der Waals surface area contributed by atoms with E-state index in [1.165, 1.54) is 31.2 Å². The van der Waals surface area contributed by atoms with Gasteiger partial charge in [-0.3, -0.25) is 4.79 Å². The van der Waals surface area contributed by atoms with Crippen molar-refractivity contribution in [2.75, 3.05) is 13.2 Å². The van der Waals surface area contributed by atoms with E-state index in [1.807, 2.05) is 0 Å². The van der Waals surface area contributed by atoms with E-state index in [1.54, 1.807) is 0 Å². The van der Waals surface area contributed by atoms with Gasteiger partial charge in [-0.15, -0.1) is 0 Å². The first-order valence-corrected chi connectivity index (χ1v) is 16.4. The number of ether oxygens (including phenoxy) is 6. The quantitative estimate of drug-likeness (QED) is 0.100. The van der Waals surface area contributed by atoms with Gasteiger partial charge in [0.2, 0.25) is 17.5 Å². The predicted molar refractivity (Wildman–Crippen MR) is 171 cm³/mol. The van der Waals surface area contributed by atoms with E-state index in [0.29, 0.717) is 0 Å². The van der Waals surface area contributed by atoms with Gasteiger partial charge in [-0.25, -0.2) is 0 Å². The molecule has 3 fully saturated rings. The minimum absolute atomic E-state index is 0.136. The van der Waals surface area contributed by atoms with Crippen molar-refractivity contribution >= 4 is 11.0 Å². The summed E-state index contributed by atoms with van der Waals surface area (Å²) < 4.78 is 39.4. The summed E-state index contributed by atoms with van der Waals surface area (Å²) in [5.74, 6) is -2.19. The lowest BCUT2D eigenvalue weighted by atomic mass is 9.97. The Morgan fingerprint density at radius 1 is 0.679 bits per heavy atom. The molecule has 53 heavy (non-hydrogen) atoms. The van der Waals surface area contributed by atoms with Crippen molar-refractivity contribution in [3.8, 4) is 34.3 Å². The first-order chi connectivity index (χ1) is 25.1. The molecule has 0 amide bonds. The van der Waals surface area contributed by atoms with Crippen molar-refractivity contribution in [1.82, 2.24) is 0 Å². The SMILES string of the molecule is C[C@H]1O[C@@H](OC[C@H]2O[C@@H](Oc3c(-c4ccc(O)cc4)oc4cc(O)cc(O)c4c3=O)[C@H](O)[C@@H](O)[C@@H]2O)[C@H](O)[C@@H](O[C@@H]2O[C@H](CO)[C@@H](O)[C@H](O)[C@H]2O)[C@H]1O. The molecule has 0 aliphatic carbocycles. The van der Waals surface area contributed by atoms with Crippen LogP contribution in [0.3, 0.4) is 0 Å². The maximum atomic E-state index is 13.7. The van der Waals surface area contributed by atoms with Crippen molar-refractivity contribution in [2.24, 2.45) is 0 Å². The van der Waals surface area contributed by atoms with Crippen molar-refractivity contribution in [1.29, 1.82) is 0 Å². The Hall–Kier alpha value is -3.71. The van der Waals surface area contributed by atoms with Crippen LogP contribution >= 0.6 is 0 Å². The van der Waals surface area contributed by atoms with Gasteiger partial charge in [0.1, 0.15) is 95.4 Å².